The number of carboxylic acids is 1. The Kier molecular flexibility index (Phi) is 4.27. The van der Waals surface area contributed by atoms with Crippen molar-refractivity contribution in [2.75, 3.05) is 19.6 Å². The molecule has 0 aromatic carbocycles. The van der Waals surface area contributed by atoms with Crippen molar-refractivity contribution in [3.63, 3.8) is 0 Å². The first-order valence-corrected chi connectivity index (χ1v) is 6.52. The number of piperazine rings is 1. The van der Waals surface area contributed by atoms with Gasteiger partial charge in [-0.2, -0.15) is 0 Å². The van der Waals surface area contributed by atoms with Gasteiger partial charge in [-0.3, -0.25) is 14.5 Å². The molecule has 0 spiro atoms. The number of carbonyl (C=O) groups is 2. The summed E-state index contributed by atoms with van der Waals surface area (Å²) in [7, 11) is 0. The van der Waals surface area contributed by atoms with Crippen molar-refractivity contribution in [2.45, 2.75) is 51.7 Å². The minimum Gasteiger partial charge on any atom is -0.480 e. The summed E-state index contributed by atoms with van der Waals surface area (Å²) in [6.45, 7) is 10.5. The van der Waals surface area contributed by atoms with Gasteiger partial charge in [-0.15, -0.1) is 0 Å². The zero-order valence-electron chi connectivity index (χ0n) is 12.4. The highest BCUT2D eigenvalue weighted by Crippen LogP contribution is 2.22. The summed E-state index contributed by atoms with van der Waals surface area (Å²) in [5.41, 5.74) is 4.59. The summed E-state index contributed by atoms with van der Waals surface area (Å²) in [4.78, 5) is 27.0. The molecule has 0 aromatic heterocycles. The number of nitrogens with two attached hydrogens (primary N) is 1. The fourth-order valence-electron chi connectivity index (χ4n) is 2.39. The minimum absolute atomic E-state index is 0.187. The van der Waals surface area contributed by atoms with E-state index in [-0.39, 0.29) is 18.0 Å². The molecule has 19 heavy (non-hydrogen) atoms. The Balaban J connectivity index is 2.89. The van der Waals surface area contributed by atoms with Gasteiger partial charge in [0.2, 0.25) is 5.91 Å². The molecule has 6 heteroatoms. The molecule has 1 aliphatic rings. The molecule has 0 radical (unpaired) electrons. The molecule has 1 heterocycles. The predicted molar refractivity (Wildman–Crippen MR) is 72.7 cm³/mol. The van der Waals surface area contributed by atoms with E-state index in [1.54, 1.807) is 18.7 Å². The van der Waals surface area contributed by atoms with Gasteiger partial charge in [0, 0.05) is 25.2 Å². The lowest BCUT2D eigenvalue weighted by atomic mass is 9.98. The highest BCUT2D eigenvalue weighted by Gasteiger charge is 2.41. The number of amides is 1. The number of carboxylic acid groups (broad SMARTS) is 1. The Morgan fingerprint density at radius 1 is 1.16 bits per heavy atom. The van der Waals surface area contributed by atoms with E-state index >= 15 is 0 Å². The van der Waals surface area contributed by atoms with E-state index in [9.17, 15) is 14.7 Å². The van der Waals surface area contributed by atoms with Gasteiger partial charge in [-0.1, -0.05) is 0 Å². The first kappa shape index (κ1) is 15.9. The van der Waals surface area contributed by atoms with Crippen LogP contribution in [-0.4, -0.2) is 63.5 Å². The maximum atomic E-state index is 12.1. The molecule has 0 bridgehead atoms. The van der Waals surface area contributed by atoms with Gasteiger partial charge in [0.25, 0.3) is 0 Å². The summed E-state index contributed by atoms with van der Waals surface area (Å²) in [6, 6.07) is -0.681. The summed E-state index contributed by atoms with van der Waals surface area (Å²) in [6.07, 6.45) is 0. The summed E-state index contributed by atoms with van der Waals surface area (Å²) in [5.74, 6) is -1.10. The molecular formula is C13H25N3O3. The van der Waals surface area contributed by atoms with Crippen LogP contribution in [0.25, 0.3) is 0 Å². The Labute approximate surface area is 114 Å². The average molecular weight is 271 g/mol. The van der Waals surface area contributed by atoms with Gasteiger partial charge in [-0.25, -0.2) is 0 Å². The third-order valence-electron chi connectivity index (χ3n) is 3.37. The first-order valence-electron chi connectivity index (χ1n) is 6.52. The lowest BCUT2D eigenvalue weighted by Crippen LogP contribution is -2.65. The molecule has 6 nitrogen and oxygen atoms in total. The lowest BCUT2D eigenvalue weighted by Gasteiger charge is -2.47. The number of hydrogen-bond donors (Lipinski definition) is 2. The minimum atomic E-state index is -0.965. The summed E-state index contributed by atoms with van der Waals surface area (Å²) < 4.78 is 0. The van der Waals surface area contributed by atoms with Crippen molar-refractivity contribution in [1.82, 2.24) is 9.80 Å². The molecular weight excluding hydrogens is 246 g/mol. The first-order chi connectivity index (χ1) is 8.44. The molecule has 0 unspecified atom stereocenters. The van der Waals surface area contributed by atoms with Gasteiger partial charge >= 0.3 is 5.97 Å². The molecule has 1 amide bonds. The maximum Gasteiger partial charge on any atom is 0.322 e. The summed E-state index contributed by atoms with van der Waals surface area (Å²) in [5, 5.41) is 9.36. The number of aliphatic carboxylic acids is 1. The standard InChI is InChI=1S/C13H25N3O3/c1-12(2,3)16-7-6-15(8-9(16)10(17)18)11(19)13(4,5)14/h9H,6-8,14H2,1-5H3,(H,17,18)/t9-/m1/s1. The predicted octanol–water partition coefficient (Wildman–Crippen LogP) is 0.120. The van der Waals surface area contributed by atoms with Crippen LogP contribution in [0, 0.1) is 0 Å². The van der Waals surface area contributed by atoms with Gasteiger partial charge in [0.05, 0.1) is 5.54 Å². The molecule has 0 aromatic rings. The molecule has 1 rings (SSSR count). The van der Waals surface area contributed by atoms with Crippen LogP contribution in [0.1, 0.15) is 34.6 Å². The van der Waals surface area contributed by atoms with Crippen molar-refractivity contribution >= 4 is 11.9 Å². The fourth-order valence-corrected chi connectivity index (χ4v) is 2.39. The summed E-state index contributed by atoms with van der Waals surface area (Å²) >= 11 is 0. The molecule has 3 N–H and O–H groups in total. The number of carbonyl (C=O) groups excluding carboxylic acids is 1. The average Bonchev–Trinajstić information content (AvgIpc) is 2.24. The molecule has 1 fully saturated rings. The third kappa shape index (κ3) is 3.67. The topological polar surface area (TPSA) is 86.9 Å². The van der Waals surface area contributed by atoms with Crippen molar-refractivity contribution in [3.8, 4) is 0 Å². The van der Waals surface area contributed by atoms with Crippen molar-refractivity contribution in [2.24, 2.45) is 5.73 Å². The quantitative estimate of drug-likeness (QED) is 0.745. The molecule has 1 atom stereocenters. The van der Waals surface area contributed by atoms with E-state index in [2.05, 4.69) is 0 Å². The van der Waals surface area contributed by atoms with Crippen LogP contribution >= 0.6 is 0 Å². The molecule has 1 saturated heterocycles. The largest absolute Gasteiger partial charge is 0.480 e. The highest BCUT2D eigenvalue weighted by atomic mass is 16.4. The van der Waals surface area contributed by atoms with Crippen LogP contribution < -0.4 is 5.73 Å². The maximum absolute atomic E-state index is 12.1. The Morgan fingerprint density at radius 3 is 2.05 bits per heavy atom. The van der Waals surface area contributed by atoms with Crippen LogP contribution in [0.15, 0.2) is 0 Å². The normalized spacial score (nSPS) is 22.4. The fraction of sp³-hybridized carbons (Fsp3) is 0.846. The second kappa shape index (κ2) is 5.09. The SMILES string of the molecule is CC(C)(N)C(=O)N1CCN(C(C)(C)C)[C@@H](C(=O)O)C1. The Hall–Kier alpha value is -1.14. The van der Waals surface area contributed by atoms with E-state index in [0.717, 1.165) is 0 Å². The van der Waals surface area contributed by atoms with Crippen molar-refractivity contribution in [3.05, 3.63) is 0 Å². The van der Waals surface area contributed by atoms with Crippen LogP contribution in [0.4, 0.5) is 0 Å². The Morgan fingerprint density at radius 2 is 1.68 bits per heavy atom. The van der Waals surface area contributed by atoms with Gasteiger partial charge in [0.1, 0.15) is 6.04 Å². The van der Waals surface area contributed by atoms with Crippen LogP contribution in [0.5, 0.6) is 0 Å². The van der Waals surface area contributed by atoms with E-state index in [4.69, 9.17) is 5.73 Å². The number of rotatable bonds is 2. The van der Waals surface area contributed by atoms with Gasteiger partial charge < -0.3 is 15.7 Å². The van der Waals surface area contributed by atoms with Gasteiger partial charge in [0.15, 0.2) is 0 Å². The van der Waals surface area contributed by atoms with E-state index in [1.807, 2.05) is 25.7 Å². The van der Waals surface area contributed by atoms with E-state index < -0.39 is 17.6 Å². The second-order valence-electron chi connectivity index (χ2n) is 6.69. The van der Waals surface area contributed by atoms with Crippen LogP contribution in [-0.2, 0) is 9.59 Å². The lowest BCUT2D eigenvalue weighted by molar-refractivity contribution is -0.153. The molecule has 0 saturated carbocycles. The van der Waals surface area contributed by atoms with E-state index in [1.165, 1.54) is 0 Å². The monoisotopic (exact) mass is 271 g/mol. The molecule has 110 valence electrons. The van der Waals surface area contributed by atoms with Crippen LogP contribution in [0.2, 0.25) is 0 Å². The zero-order chi connectivity index (χ0) is 15.0. The second-order valence-corrected chi connectivity index (χ2v) is 6.69. The Bertz CT molecular complexity index is 368. The van der Waals surface area contributed by atoms with Crippen molar-refractivity contribution < 1.29 is 14.7 Å². The van der Waals surface area contributed by atoms with E-state index in [0.29, 0.717) is 13.1 Å². The van der Waals surface area contributed by atoms with Crippen LogP contribution in [0.3, 0.4) is 0 Å². The molecule has 0 aliphatic carbocycles. The third-order valence-corrected chi connectivity index (χ3v) is 3.37. The number of nitrogens with zero attached hydrogens (tertiary/aromatic N) is 2. The smallest absolute Gasteiger partial charge is 0.322 e. The van der Waals surface area contributed by atoms with Gasteiger partial charge in [-0.05, 0) is 34.6 Å². The van der Waals surface area contributed by atoms with Crippen molar-refractivity contribution in [1.29, 1.82) is 0 Å². The number of hydrogen-bond acceptors (Lipinski definition) is 4. The zero-order valence-corrected chi connectivity index (χ0v) is 12.4. The molecule has 1 aliphatic heterocycles. The highest BCUT2D eigenvalue weighted by molar-refractivity contribution is 5.86.